The van der Waals surface area contributed by atoms with E-state index in [1.54, 1.807) is 0 Å². The second kappa shape index (κ2) is 5.27. The van der Waals surface area contributed by atoms with Gasteiger partial charge in [-0.1, -0.05) is 20.8 Å². The normalized spacial score (nSPS) is 27.7. The molecule has 1 aliphatic carbocycles. The highest BCUT2D eigenvalue weighted by Gasteiger charge is 2.44. The van der Waals surface area contributed by atoms with Crippen molar-refractivity contribution in [1.82, 2.24) is 4.98 Å². The first-order valence-electron chi connectivity index (χ1n) is 7.28. The molecule has 0 spiro atoms. The summed E-state index contributed by atoms with van der Waals surface area (Å²) in [6.45, 7) is 6.40. The Morgan fingerprint density at radius 3 is 2.24 bits per heavy atom. The molecule has 1 aromatic heterocycles. The number of aliphatic hydroxyl groups is 1. The summed E-state index contributed by atoms with van der Waals surface area (Å²) in [7, 11) is 0. The highest BCUT2D eigenvalue weighted by molar-refractivity contribution is 5.32. The maximum Gasteiger partial charge on any atom is 0.416 e. The largest absolute Gasteiger partial charge is 0.416 e. The molecule has 0 saturated heterocycles. The maximum atomic E-state index is 13.1. The number of pyridine rings is 1. The van der Waals surface area contributed by atoms with Crippen LogP contribution in [0.15, 0.2) is 18.5 Å². The minimum atomic E-state index is -4.46. The van der Waals surface area contributed by atoms with Crippen LogP contribution in [0.1, 0.15) is 57.6 Å². The van der Waals surface area contributed by atoms with Gasteiger partial charge >= 0.3 is 6.18 Å². The molecule has 21 heavy (non-hydrogen) atoms. The molecule has 1 N–H and O–H groups in total. The van der Waals surface area contributed by atoms with Crippen LogP contribution >= 0.6 is 0 Å². The van der Waals surface area contributed by atoms with Crippen molar-refractivity contribution in [3.05, 3.63) is 29.6 Å². The van der Waals surface area contributed by atoms with Gasteiger partial charge in [0, 0.05) is 18.0 Å². The zero-order valence-electron chi connectivity index (χ0n) is 12.7. The number of alkyl halides is 3. The zero-order chi connectivity index (χ0) is 15.9. The van der Waals surface area contributed by atoms with Gasteiger partial charge in [-0.25, -0.2) is 0 Å². The summed E-state index contributed by atoms with van der Waals surface area (Å²) < 4.78 is 39.3. The quantitative estimate of drug-likeness (QED) is 0.827. The molecule has 5 heteroatoms. The van der Waals surface area contributed by atoms with Crippen molar-refractivity contribution >= 4 is 0 Å². The smallest absolute Gasteiger partial charge is 0.385 e. The number of rotatable bonds is 1. The SMILES string of the molecule is CC(C)(C)C1CCC(O)(c2cnccc2C(F)(F)F)CC1. The van der Waals surface area contributed by atoms with Crippen LogP contribution in [0.5, 0.6) is 0 Å². The van der Waals surface area contributed by atoms with Gasteiger partial charge in [0.2, 0.25) is 0 Å². The van der Waals surface area contributed by atoms with Crippen molar-refractivity contribution in [3.8, 4) is 0 Å². The third kappa shape index (κ3) is 3.39. The van der Waals surface area contributed by atoms with Gasteiger partial charge in [0.1, 0.15) is 0 Å². The Kier molecular flexibility index (Phi) is 4.08. The van der Waals surface area contributed by atoms with E-state index >= 15 is 0 Å². The molecule has 1 aliphatic rings. The first kappa shape index (κ1) is 16.3. The molecule has 0 amide bonds. The van der Waals surface area contributed by atoms with Crippen molar-refractivity contribution in [2.75, 3.05) is 0 Å². The molecule has 118 valence electrons. The van der Waals surface area contributed by atoms with E-state index < -0.39 is 17.3 Å². The van der Waals surface area contributed by atoms with Crippen LogP contribution in [0.4, 0.5) is 13.2 Å². The van der Waals surface area contributed by atoms with Crippen LogP contribution in [-0.2, 0) is 11.8 Å². The van der Waals surface area contributed by atoms with Gasteiger partial charge < -0.3 is 5.11 Å². The Labute approximate surface area is 123 Å². The molecular formula is C16H22F3NO. The van der Waals surface area contributed by atoms with Gasteiger partial charge in [-0.3, -0.25) is 4.98 Å². The van der Waals surface area contributed by atoms with Gasteiger partial charge in [-0.15, -0.1) is 0 Å². The molecule has 1 fully saturated rings. The Morgan fingerprint density at radius 1 is 1.19 bits per heavy atom. The summed E-state index contributed by atoms with van der Waals surface area (Å²) in [6.07, 6.45) is -0.0165. The van der Waals surface area contributed by atoms with Crippen molar-refractivity contribution in [1.29, 1.82) is 0 Å². The monoisotopic (exact) mass is 301 g/mol. The third-order valence-electron chi connectivity index (χ3n) is 4.67. The molecule has 1 heterocycles. The van der Waals surface area contributed by atoms with Crippen molar-refractivity contribution in [3.63, 3.8) is 0 Å². The van der Waals surface area contributed by atoms with Crippen LogP contribution in [-0.4, -0.2) is 10.1 Å². The Balaban J connectivity index is 2.28. The van der Waals surface area contributed by atoms with E-state index in [0.29, 0.717) is 18.8 Å². The molecule has 0 radical (unpaired) electrons. The minimum absolute atomic E-state index is 0.0788. The fourth-order valence-corrected chi connectivity index (χ4v) is 3.24. The van der Waals surface area contributed by atoms with Gasteiger partial charge in [0.05, 0.1) is 11.2 Å². The molecule has 2 nitrogen and oxygen atoms in total. The summed E-state index contributed by atoms with van der Waals surface area (Å²) in [4.78, 5) is 3.79. The fourth-order valence-electron chi connectivity index (χ4n) is 3.24. The molecular weight excluding hydrogens is 279 g/mol. The number of halogens is 3. The molecule has 0 aromatic carbocycles. The minimum Gasteiger partial charge on any atom is -0.385 e. The summed E-state index contributed by atoms with van der Waals surface area (Å²) in [5.41, 5.74) is -2.15. The van der Waals surface area contributed by atoms with Crippen molar-refractivity contribution in [2.45, 2.75) is 58.2 Å². The molecule has 2 rings (SSSR count). The summed E-state index contributed by atoms with van der Waals surface area (Å²) in [6, 6.07) is 0.948. The molecule has 0 bridgehead atoms. The van der Waals surface area contributed by atoms with Gasteiger partial charge in [-0.05, 0) is 43.1 Å². The lowest BCUT2D eigenvalue weighted by molar-refractivity contribution is -0.142. The predicted molar refractivity (Wildman–Crippen MR) is 74.5 cm³/mol. The fraction of sp³-hybridized carbons (Fsp3) is 0.688. The molecule has 0 aliphatic heterocycles. The van der Waals surface area contributed by atoms with E-state index in [2.05, 4.69) is 25.8 Å². The Bertz CT molecular complexity index is 497. The van der Waals surface area contributed by atoms with E-state index in [-0.39, 0.29) is 11.0 Å². The second-order valence-corrected chi connectivity index (χ2v) is 7.09. The topological polar surface area (TPSA) is 33.1 Å². The second-order valence-electron chi connectivity index (χ2n) is 7.09. The lowest BCUT2D eigenvalue weighted by Gasteiger charge is -2.42. The maximum absolute atomic E-state index is 13.1. The Morgan fingerprint density at radius 2 is 1.76 bits per heavy atom. The van der Waals surface area contributed by atoms with E-state index in [0.717, 1.165) is 25.1 Å². The summed E-state index contributed by atoms with van der Waals surface area (Å²) in [5, 5.41) is 10.7. The highest BCUT2D eigenvalue weighted by Crippen LogP contribution is 2.47. The average molecular weight is 301 g/mol. The van der Waals surface area contributed by atoms with E-state index in [4.69, 9.17) is 0 Å². The first-order chi connectivity index (χ1) is 9.54. The van der Waals surface area contributed by atoms with Gasteiger partial charge in [0.15, 0.2) is 0 Å². The summed E-state index contributed by atoms with van der Waals surface area (Å²) in [5.74, 6) is 0.420. The average Bonchev–Trinajstić information content (AvgIpc) is 2.37. The number of nitrogens with zero attached hydrogens (tertiary/aromatic N) is 1. The zero-order valence-corrected chi connectivity index (χ0v) is 12.7. The lowest BCUT2D eigenvalue weighted by atomic mass is 9.66. The standard InChI is InChI=1S/C16H22F3NO/c1-14(2,3)11-4-7-15(21,8-5-11)13-10-20-9-6-12(13)16(17,18)19/h6,9-11,21H,4-5,7-8H2,1-3H3. The van der Waals surface area contributed by atoms with Crippen LogP contribution in [0.25, 0.3) is 0 Å². The number of hydrogen-bond acceptors (Lipinski definition) is 2. The van der Waals surface area contributed by atoms with E-state index in [9.17, 15) is 18.3 Å². The van der Waals surface area contributed by atoms with Crippen LogP contribution in [0.3, 0.4) is 0 Å². The molecule has 0 unspecified atom stereocenters. The number of hydrogen-bond donors (Lipinski definition) is 1. The molecule has 1 aromatic rings. The third-order valence-corrected chi connectivity index (χ3v) is 4.67. The van der Waals surface area contributed by atoms with Crippen molar-refractivity contribution in [2.24, 2.45) is 11.3 Å². The molecule has 1 saturated carbocycles. The van der Waals surface area contributed by atoms with Crippen LogP contribution in [0, 0.1) is 11.3 Å². The highest BCUT2D eigenvalue weighted by atomic mass is 19.4. The lowest BCUT2D eigenvalue weighted by Crippen LogP contribution is -2.37. The van der Waals surface area contributed by atoms with E-state index in [1.165, 1.54) is 6.20 Å². The Hall–Kier alpha value is -1.10. The van der Waals surface area contributed by atoms with Gasteiger partial charge in [0.25, 0.3) is 0 Å². The van der Waals surface area contributed by atoms with Crippen LogP contribution < -0.4 is 0 Å². The predicted octanol–water partition coefficient (Wildman–Crippen LogP) is 4.52. The molecule has 0 atom stereocenters. The van der Waals surface area contributed by atoms with E-state index in [1.807, 2.05) is 0 Å². The first-order valence-corrected chi connectivity index (χ1v) is 7.28. The van der Waals surface area contributed by atoms with Gasteiger partial charge in [-0.2, -0.15) is 13.2 Å². The van der Waals surface area contributed by atoms with Crippen LogP contribution in [0.2, 0.25) is 0 Å². The summed E-state index contributed by atoms with van der Waals surface area (Å²) >= 11 is 0. The van der Waals surface area contributed by atoms with Crippen molar-refractivity contribution < 1.29 is 18.3 Å². The number of aromatic nitrogens is 1.